The third-order valence-corrected chi connectivity index (χ3v) is 3.08. The predicted octanol–water partition coefficient (Wildman–Crippen LogP) is 2.30. The van der Waals surface area contributed by atoms with E-state index in [2.05, 4.69) is 18.7 Å². The largest absolute Gasteiger partial charge is 0.490 e. The molecule has 0 atom stereocenters. The van der Waals surface area contributed by atoms with Gasteiger partial charge in [-0.3, -0.25) is 0 Å². The van der Waals surface area contributed by atoms with Crippen LogP contribution in [0.1, 0.15) is 19.4 Å². The van der Waals surface area contributed by atoms with Gasteiger partial charge in [-0.2, -0.15) is 0 Å². The van der Waals surface area contributed by atoms with Crippen molar-refractivity contribution in [2.45, 2.75) is 26.3 Å². The molecule has 0 radical (unpaired) electrons. The van der Waals surface area contributed by atoms with Gasteiger partial charge in [0, 0.05) is 5.54 Å². The van der Waals surface area contributed by atoms with Crippen molar-refractivity contribution in [3.8, 4) is 5.75 Å². The Labute approximate surface area is 98.2 Å². The number of anilines is 1. The average Bonchev–Trinajstić information content (AvgIpc) is 2.20. The second-order valence-corrected chi connectivity index (χ2v) is 4.98. The highest BCUT2D eigenvalue weighted by molar-refractivity contribution is 5.57. The van der Waals surface area contributed by atoms with Crippen LogP contribution in [0.2, 0.25) is 0 Å². The van der Waals surface area contributed by atoms with E-state index in [1.165, 1.54) is 0 Å². The third-order valence-electron chi connectivity index (χ3n) is 3.08. The molecule has 3 heteroatoms. The molecule has 1 aromatic carbocycles. The molecule has 0 spiro atoms. The highest BCUT2D eigenvalue weighted by Crippen LogP contribution is 2.25. The van der Waals surface area contributed by atoms with Gasteiger partial charge in [0.1, 0.15) is 12.4 Å². The molecule has 1 aromatic rings. The molecule has 0 aliphatic heterocycles. The summed E-state index contributed by atoms with van der Waals surface area (Å²) in [4.78, 5) is 2.14. The quantitative estimate of drug-likeness (QED) is 0.794. The lowest BCUT2D eigenvalue weighted by Gasteiger charge is -2.32. The van der Waals surface area contributed by atoms with Crippen molar-refractivity contribution in [1.29, 1.82) is 0 Å². The number of nitrogens with two attached hydrogens (primary N) is 1. The summed E-state index contributed by atoms with van der Waals surface area (Å²) < 4.78 is 5.78. The summed E-state index contributed by atoms with van der Waals surface area (Å²) in [6.07, 6.45) is 0. The summed E-state index contributed by atoms with van der Waals surface area (Å²) >= 11 is 0. The van der Waals surface area contributed by atoms with Crippen molar-refractivity contribution >= 4 is 5.69 Å². The Morgan fingerprint density at radius 1 is 1.31 bits per heavy atom. The van der Waals surface area contributed by atoms with Crippen molar-refractivity contribution in [3.63, 3.8) is 0 Å². The second-order valence-electron chi connectivity index (χ2n) is 4.98. The summed E-state index contributed by atoms with van der Waals surface area (Å²) in [7, 11) is 4.09. The number of para-hydroxylation sites is 1. The summed E-state index contributed by atoms with van der Waals surface area (Å²) in [5.41, 5.74) is 7.73. The maximum Gasteiger partial charge on any atom is 0.142 e. The first kappa shape index (κ1) is 12.8. The molecule has 0 bridgehead atoms. The molecule has 1 rings (SSSR count). The second kappa shape index (κ2) is 4.74. The van der Waals surface area contributed by atoms with Gasteiger partial charge in [0.2, 0.25) is 0 Å². The van der Waals surface area contributed by atoms with Gasteiger partial charge in [0.15, 0.2) is 0 Å². The first-order valence-electron chi connectivity index (χ1n) is 5.50. The number of aryl methyl sites for hydroxylation is 1. The fourth-order valence-electron chi connectivity index (χ4n) is 1.16. The number of nitrogens with zero attached hydrogens (tertiary/aromatic N) is 1. The van der Waals surface area contributed by atoms with Gasteiger partial charge in [-0.15, -0.1) is 0 Å². The zero-order valence-corrected chi connectivity index (χ0v) is 10.9. The number of hydrogen-bond acceptors (Lipinski definition) is 3. The highest BCUT2D eigenvalue weighted by atomic mass is 16.5. The number of rotatable bonds is 4. The van der Waals surface area contributed by atoms with Crippen molar-refractivity contribution in [2.24, 2.45) is 0 Å². The topological polar surface area (TPSA) is 38.5 Å². The van der Waals surface area contributed by atoms with E-state index in [1.807, 2.05) is 39.2 Å². The molecule has 0 saturated heterocycles. The van der Waals surface area contributed by atoms with Gasteiger partial charge >= 0.3 is 0 Å². The van der Waals surface area contributed by atoms with Gasteiger partial charge < -0.3 is 15.4 Å². The lowest BCUT2D eigenvalue weighted by Crippen LogP contribution is -2.43. The maximum absolute atomic E-state index is 5.95. The van der Waals surface area contributed by atoms with E-state index in [-0.39, 0.29) is 5.54 Å². The Hall–Kier alpha value is -1.22. The number of hydrogen-bond donors (Lipinski definition) is 1. The van der Waals surface area contributed by atoms with Crippen LogP contribution in [-0.4, -0.2) is 31.1 Å². The Morgan fingerprint density at radius 2 is 1.94 bits per heavy atom. The van der Waals surface area contributed by atoms with Gasteiger partial charge in [-0.1, -0.05) is 12.1 Å². The van der Waals surface area contributed by atoms with Gasteiger partial charge in [-0.05, 0) is 46.5 Å². The van der Waals surface area contributed by atoms with E-state index in [0.717, 1.165) is 17.0 Å². The molecule has 0 aliphatic carbocycles. The first-order chi connectivity index (χ1) is 7.34. The zero-order valence-electron chi connectivity index (χ0n) is 10.9. The lowest BCUT2D eigenvalue weighted by atomic mass is 10.1. The number of benzene rings is 1. The molecule has 0 heterocycles. The molecular weight excluding hydrogens is 200 g/mol. The minimum atomic E-state index is -0.00378. The fourth-order valence-corrected chi connectivity index (χ4v) is 1.16. The predicted molar refractivity (Wildman–Crippen MR) is 68.9 cm³/mol. The molecule has 16 heavy (non-hydrogen) atoms. The maximum atomic E-state index is 5.95. The fraction of sp³-hybridized carbons (Fsp3) is 0.538. The van der Waals surface area contributed by atoms with Gasteiger partial charge in [-0.25, -0.2) is 0 Å². The van der Waals surface area contributed by atoms with E-state index in [4.69, 9.17) is 10.5 Å². The van der Waals surface area contributed by atoms with Crippen LogP contribution < -0.4 is 10.5 Å². The van der Waals surface area contributed by atoms with Gasteiger partial charge in [0.05, 0.1) is 5.69 Å². The zero-order chi connectivity index (χ0) is 12.3. The van der Waals surface area contributed by atoms with Crippen LogP contribution in [0.5, 0.6) is 5.75 Å². The van der Waals surface area contributed by atoms with Crippen LogP contribution in [0.25, 0.3) is 0 Å². The Morgan fingerprint density at radius 3 is 2.50 bits per heavy atom. The molecule has 0 aromatic heterocycles. The molecular formula is C13H22N2O. The van der Waals surface area contributed by atoms with Crippen molar-refractivity contribution in [2.75, 3.05) is 26.4 Å². The summed E-state index contributed by atoms with van der Waals surface area (Å²) in [5.74, 6) is 0.773. The number of likely N-dealkylation sites (N-methyl/N-ethyl adjacent to an activating group) is 1. The van der Waals surface area contributed by atoms with Crippen LogP contribution in [0, 0.1) is 6.92 Å². The normalized spacial score (nSPS) is 11.9. The molecule has 3 nitrogen and oxygen atoms in total. The molecule has 0 saturated carbocycles. The summed E-state index contributed by atoms with van der Waals surface area (Å²) in [6.45, 7) is 6.88. The number of nitrogen functional groups attached to an aromatic ring is 1. The minimum Gasteiger partial charge on any atom is -0.490 e. The van der Waals surface area contributed by atoms with Crippen molar-refractivity contribution in [1.82, 2.24) is 4.90 Å². The lowest BCUT2D eigenvalue weighted by molar-refractivity contribution is 0.114. The molecule has 2 N–H and O–H groups in total. The van der Waals surface area contributed by atoms with E-state index in [1.54, 1.807) is 0 Å². The molecule has 0 aliphatic rings. The van der Waals surface area contributed by atoms with Gasteiger partial charge in [0.25, 0.3) is 0 Å². The first-order valence-corrected chi connectivity index (χ1v) is 5.50. The van der Waals surface area contributed by atoms with E-state index >= 15 is 0 Å². The molecule has 0 unspecified atom stereocenters. The Kier molecular flexibility index (Phi) is 3.81. The third kappa shape index (κ3) is 2.89. The molecule has 0 amide bonds. The van der Waals surface area contributed by atoms with Crippen LogP contribution in [0.3, 0.4) is 0 Å². The summed E-state index contributed by atoms with van der Waals surface area (Å²) in [5, 5.41) is 0. The van der Waals surface area contributed by atoms with Crippen molar-refractivity contribution in [3.05, 3.63) is 23.8 Å². The van der Waals surface area contributed by atoms with Crippen LogP contribution in [-0.2, 0) is 0 Å². The smallest absolute Gasteiger partial charge is 0.142 e. The standard InChI is InChI=1S/C13H22N2O/c1-10-7-6-8-11(12(10)14)16-9-13(2,3)15(4)5/h6-8H,9,14H2,1-5H3. The van der Waals surface area contributed by atoms with Crippen molar-refractivity contribution < 1.29 is 4.74 Å². The van der Waals surface area contributed by atoms with E-state index in [9.17, 15) is 0 Å². The highest BCUT2D eigenvalue weighted by Gasteiger charge is 2.21. The van der Waals surface area contributed by atoms with E-state index in [0.29, 0.717) is 6.61 Å². The monoisotopic (exact) mass is 222 g/mol. The van der Waals surface area contributed by atoms with Crippen LogP contribution >= 0.6 is 0 Å². The average molecular weight is 222 g/mol. The molecule has 0 fully saturated rings. The van der Waals surface area contributed by atoms with Crippen LogP contribution in [0.4, 0.5) is 5.69 Å². The van der Waals surface area contributed by atoms with E-state index < -0.39 is 0 Å². The minimum absolute atomic E-state index is 0.00378. The Balaban J connectivity index is 2.72. The molecule has 90 valence electrons. The SMILES string of the molecule is Cc1cccc(OCC(C)(C)N(C)C)c1N. The summed E-state index contributed by atoms with van der Waals surface area (Å²) in [6, 6.07) is 5.86. The van der Waals surface area contributed by atoms with Crippen LogP contribution in [0.15, 0.2) is 18.2 Å². The number of ether oxygens (including phenoxy) is 1. The Bertz CT molecular complexity index is 359.